The first kappa shape index (κ1) is 28.0. The van der Waals surface area contributed by atoms with Gasteiger partial charge in [-0.15, -0.1) is 0 Å². The highest BCUT2D eigenvalue weighted by Crippen LogP contribution is 2.30. The molecule has 3 heterocycles. The van der Waals surface area contributed by atoms with Crippen LogP contribution in [0.3, 0.4) is 0 Å². The Morgan fingerprint density at radius 2 is 1.18 bits per heavy atom. The Balaban J connectivity index is 1.73. The number of hydrogen-bond donors (Lipinski definition) is 9. The maximum absolute atomic E-state index is 10.6. The quantitative estimate of drug-likeness (QED) is 0.157. The molecule has 0 unspecified atom stereocenters. The second kappa shape index (κ2) is 11.6. The fourth-order valence-electron chi connectivity index (χ4n) is 4.05. The van der Waals surface area contributed by atoms with E-state index in [9.17, 15) is 46.0 Å². The second-order valence-electron chi connectivity index (χ2n) is 8.57. The Bertz CT molecular complexity index is 639. The van der Waals surface area contributed by atoms with Crippen LogP contribution in [0.1, 0.15) is 6.92 Å². The monoisotopic (exact) mass is 502 g/mol. The standard InChI is InChI=1S/C19H34O15/c1-5-8(21)11(24)15(28)18(31-5)34-16-13(26)9(22)6(3-20)32-19(16)30-4-7-10(23)12(25)14(27)17(29-2)33-7/h5-28H,3-4H2,1-2H3/t5-,6+,7+,8+,9-,10+,11+,12-,13-,14+,15-,16+,17+,18-,19+/m0/s1. The lowest BCUT2D eigenvalue weighted by molar-refractivity contribution is -0.370. The zero-order chi connectivity index (χ0) is 25.3. The van der Waals surface area contributed by atoms with Gasteiger partial charge >= 0.3 is 0 Å². The average molecular weight is 502 g/mol. The van der Waals surface area contributed by atoms with Gasteiger partial charge in [0.15, 0.2) is 18.9 Å². The second-order valence-corrected chi connectivity index (χ2v) is 8.57. The van der Waals surface area contributed by atoms with Crippen LogP contribution in [0.5, 0.6) is 0 Å². The minimum Gasteiger partial charge on any atom is -0.394 e. The van der Waals surface area contributed by atoms with Crippen LogP contribution in [0.15, 0.2) is 0 Å². The SMILES string of the molecule is CO[C@@H]1O[C@H](CO[C@@H]2O[C@H](CO)[C@H](O)[C@H](O)[C@H]2O[C@@H]2O[C@@H](C)[C@@H](O)[C@@H](O)[C@@H]2O)[C@@H](O)[C@H](O)[C@H]1O. The summed E-state index contributed by atoms with van der Waals surface area (Å²) in [5.74, 6) is 0. The smallest absolute Gasteiger partial charge is 0.187 e. The maximum atomic E-state index is 10.6. The van der Waals surface area contributed by atoms with Crippen LogP contribution in [0.2, 0.25) is 0 Å². The van der Waals surface area contributed by atoms with E-state index in [0.717, 1.165) is 0 Å². The predicted octanol–water partition coefficient (Wildman–Crippen LogP) is -5.89. The molecule has 0 saturated carbocycles. The van der Waals surface area contributed by atoms with Gasteiger partial charge in [0.25, 0.3) is 0 Å². The largest absolute Gasteiger partial charge is 0.394 e. The molecule has 0 aromatic rings. The lowest BCUT2D eigenvalue weighted by Gasteiger charge is -2.46. The number of rotatable bonds is 7. The molecular formula is C19H34O15. The predicted molar refractivity (Wildman–Crippen MR) is 105 cm³/mol. The normalized spacial score (nSPS) is 52.5. The van der Waals surface area contributed by atoms with E-state index >= 15 is 0 Å². The van der Waals surface area contributed by atoms with E-state index in [1.807, 2.05) is 0 Å². The van der Waals surface area contributed by atoms with Crippen LogP contribution in [0.25, 0.3) is 0 Å². The van der Waals surface area contributed by atoms with Crippen molar-refractivity contribution < 1.29 is 74.4 Å². The molecule has 3 rings (SSSR count). The zero-order valence-corrected chi connectivity index (χ0v) is 18.5. The minimum atomic E-state index is -1.73. The maximum Gasteiger partial charge on any atom is 0.187 e. The van der Waals surface area contributed by atoms with Crippen molar-refractivity contribution in [2.45, 2.75) is 99.0 Å². The van der Waals surface area contributed by atoms with Crippen molar-refractivity contribution in [2.24, 2.45) is 0 Å². The molecule has 15 nitrogen and oxygen atoms in total. The first-order valence-corrected chi connectivity index (χ1v) is 10.8. The molecular weight excluding hydrogens is 468 g/mol. The van der Waals surface area contributed by atoms with E-state index in [1.54, 1.807) is 0 Å². The molecule has 3 saturated heterocycles. The van der Waals surface area contributed by atoms with E-state index in [0.29, 0.717) is 0 Å². The van der Waals surface area contributed by atoms with Crippen LogP contribution in [-0.4, -0.2) is 158 Å². The number of aliphatic hydroxyl groups excluding tert-OH is 9. The minimum absolute atomic E-state index is 0.484. The Kier molecular flexibility index (Phi) is 9.57. The summed E-state index contributed by atoms with van der Waals surface area (Å²) in [4.78, 5) is 0. The van der Waals surface area contributed by atoms with Crippen LogP contribution >= 0.6 is 0 Å². The van der Waals surface area contributed by atoms with Gasteiger partial charge in [0.05, 0.1) is 19.3 Å². The first-order chi connectivity index (χ1) is 16.0. The van der Waals surface area contributed by atoms with Crippen LogP contribution in [0.4, 0.5) is 0 Å². The summed E-state index contributed by atoms with van der Waals surface area (Å²) in [5.41, 5.74) is 0. The van der Waals surface area contributed by atoms with Crippen molar-refractivity contribution >= 4 is 0 Å². The molecule has 0 aliphatic carbocycles. The molecule has 9 N–H and O–H groups in total. The third-order valence-electron chi connectivity index (χ3n) is 6.25. The van der Waals surface area contributed by atoms with Gasteiger partial charge in [-0.1, -0.05) is 0 Å². The van der Waals surface area contributed by atoms with Crippen LogP contribution < -0.4 is 0 Å². The topological polar surface area (TPSA) is 237 Å². The molecule has 3 aliphatic rings. The van der Waals surface area contributed by atoms with E-state index in [-0.39, 0.29) is 0 Å². The van der Waals surface area contributed by atoms with Crippen molar-refractivity contribution in [3.8, 4) is 0 Å². The summed E-state index contributed by atoms with van der Waals surface area (Å²) in [7, 11) is 1.22. The van der Waals surface area contributed by atoms with Gasteiger partial charge in [-0.25, -0.2) is 0 Å². The fraction of sp³-hybridized carbons (Fsp3) is 1.00. The van der Waals surface area contributed by atoms with Crippen LogP contribution in [-0.2, 0) is 28.4 Å². The van der Waals surface area contributed by atoms with Crippen LogP contribution in [0, 0.1) is 0 Å². The summed E-state index contributed by atoms with van der Waals surface area (Å²) < 4.78 is 32.3. The number of ether oxygens (including phenoxy) is 6. The third kappa shape index (κ3) is 5.54. The lowest BCUT2D eigenvalue weighted by Crippen LogP contribution is -2.64. The molecule has 3 aliphatic heterocycles. The van der Waals surface area contributed by atoms with Gasteiger partial charge in [0, 0.05) is 7.11 Å². The van der Waals surface area contributed by atoms with Gasteiger partial charge in [-0.05, 0) is 6.92 Å². The summed E-state index contributed by atoms with van der Waals surface area (Å²) in [5, 5.41) is 90.5. The highest BCUT2D eigenvalue weighted by molar-refractivity contribution is 4.94. The van der Waals surface area contributed by atoms with E-state index < -0.39 is 105 Å². The Labute approximate surface area is 194 Å². The first-order valence-electron chi connectivity index (χ1n) is 10.8. The summed E-state index contributed by atoms with van der Waals surface area (Å²) >= 11 is 0. The van der Waals surface area contributed by atoms with Crippen molar-refractivity contribution in [3.05, 3.63) is 0 Å². The van der Waals surface area contributed by atoms with Gasteiger partial charge < -0.3 is 74.4 Å². The highest BCUT2D eigenvalue weighted by Gasteiger charge is 2.51. The molecule has 0 amide bonds. The molecule has 34 heavy (non-hydrogen) atoms. The van der Waals surface area contributed by atoms with E-state index in [2.05, 4.69) is 0 Å². The van der Waals surface area contributed by atoms with Gasteiger partial charge in [-0.3, -0.25) is 0 Å². The molecule has 15 heteroatoms. The van der Waals surface area contributed by atoms with Crippen molar-refractivity contribution in [1.29, 1.82) is 0 Å². The number of methoxy groups -OCH3 is 1. The Morgan fingerprint density at radius 1 is 0.618 bits per heavy atom. The summed E-state index contributed by atoms with van der Waals surface area (Å²) in [6.07, 6.45) is -22.2. The fourth-order valence-corrected chi connectivity index (χ4v) is 4.05. The Morgan fingerprint density at radius 3 is 1.79 bits per heavy atom. The number of hydrogen-bond acceptors (Lipinski definition) is 15. The highest BCUT2D eigenvalue weighted by atomic mass is 16.8. The lowest BCUT2D eigenvalue weighted by atomic mass is 9.97. The summed E-state index contributed by atoms with van der Waals surface area (Å²) in [6.45, 7) is 0.235. The summed E-state index contributed by atoms with van der Waals surface area (Å²) in [6, 6.07) is 0. The average Bonchev–Trinajstić information content (AvgIpc) is 2.82. The molecule has 0 aromatic carbocycles. The molecule has 0 bridgehead atoms. The molecule has 15 atom stereocenters. The van der Waals surface area contributed by atoms with E-state index in [4.69, 9.17) is 28.4 Å². The van der Waals surface area contributed by atoms with Gasteiger partial charge in [-0.2, -0.15) is 0 Å². The number of aliphatic hydroxyl groups is 9. The molecule has 0 aromatic heterocycles. The molecule has 200 valence electrons. The van der Waals surface area contributed by atoms with E-state index in [1.165, 1.54) is 14.0 Å². The molecule has 3 fully saturated rings. The molecule has 0 radical (unpaired) electrons. The van der Waals surface area contributed by atoms with Crippen molar-refractivity contribution in [1.82, 2.24) is 0 Å². The zero-order valence-electron chi connectivity index (χ0n) is 18.5. The van der Waals surface area contributed by atoms with Gasteiger partial charge in [0.1, 0.15) is 67.1 Å². The molecule has 0 spiro atoms. The Hall–Kier alpha value is -0.600. The van der Waals surface area contributed by atoms with Crippen molar-refractivity contribution in [3.63, 3.8) is 0 Å². The third-order valence-corrected chi connectivity index (χ3v) is 6.25. The van der Waals surface area contributed by atoms with Crippen molar-refractivity contribution in [2.75, 3.05) is 20.3 Å². The van der Waals surface area contributed by atoms with Gasteiger partial charge in [0.2, 0.25) is 0 Å².